The van der Waals surface area contributed by atoms with Gasteiger partial charge in [-0.05, 0) is 70.5 Å². The zero-order valence-corrected chi connectivity index (χ0v) is 39.0. The summed E-state index contributed by atoms with van der Waals surface area (Å²) in [6.07, 6.45) is 3.57. The number of carboxylic acid groups (broad SMARTS) is 1. The summed E-state index contributed by atoms with van der Waals surface area (Å²) in [5.74, 6) is -3.83. The minimum absolute atomic E-state index is 0.00215. The molecule has 1 saturated heterocycles. The maximum absolute atomic E-state index is 15.0. The van der Waals surface area contributed by atoms with Crippen LogP contribution < -0.4 is 32.3 Å². The minimum atomic E-state index is -1.13. The molecule has 0 unspecified atom stereocenters. The highest BCUT2D eigenvalue weighted by Gasteiger charge is 2.44. The number of benzene rings is 4. The molecule has 2 aliphatic heterocycles. The quantitative estimate of drug-likeness (QED) is 0.0911. The number of rotatable bonds is 14. The van der Waals surface area contributed by atoms with Gasteiger partial charge in [0.15, 0.2) is 0 Å². The third-order valence-corrected chi connectivity index (χ3v) is 12.6. The van der Waals surface area contributed by atoms with Crippen molar-refractivity contribution < 1.29 is 43.4 Å². The van der Waals surface area contributed by atoms with Crippen LogP contribution >= 0.6 is 0 Å². The number of fused-ring (bicyclic) bond motifs is 3. The fraction of sp³-hybridized carbons (Fsp3) is 0.377. The second-order valence-corrected chi connectivity index (χ2v) is 17.7. The summed E-state index contributed by atoms with van der Waals surface area (Å²) in [7, 11) is 0. The van der Waals surface area contributed by atoms with E-state index in [1.165, 1.54) is 0 Å². The van der Waals surface area contributed by atoms with Crippen molar-refractivity contribution in [2.24, 2.45) is 11.1 Å². The van der Waals surface area contributed by atoms with Gasteiger partial charge in [0.1, 0.15) is 12.1 Å². The minimum Gasteiger partial charge on any atom is -0.481 e. The second kappa shape index (κ2) is 25.3. The van der Waals surface area contributed by atoms with Crippen molar-refractivity contribution in [2.45, 2.75) is 76.4 Å². The molecule has 0 radical (unpaired) electrons. The number of carboxylic acids is 1. The molecule has 4 atom stereocenters. The molecule has 8 N–H and O–H groups in total. The van der Waals surface area contributed by atoms with E-state index in [9.17, 15) is 38.7 Å². The lowest BCUT2D eigenvalue weighted by Crippen LogP contribution is -2.58. The van der Waals surface area contributed by atoms with Crippen molar-refractivity contribution in [2.75, 3.05) is 45.9 Å². The summed E-state index contributed by atoms with van der Waals surface area (Å²) >= 11 is 0. The first kappa shape index (κ1) is 51.2. The van der Waals surface area contributed by atoms with Gasteiger partial charge in [0.05, 0.1) is 31.5 Å². The zero-order chi connectivity index (χ0) is 49.2. The molecular formula is C53H63N7O9. The van der Waals surface area contributed by atoms with Gasteiger partial charge < -0.3 is 47.1 Å². The largest absolute Gasteiger partial charge is 0.481 e. The smallest absolute Gasteiger partial charge is 0.303 e. The van der Waals surface area contributed by atoms with E-state index < -0.39 is 53.0 Å². The van der Waals surface area contributed by atoms with Gasteiger partial charge >= 0.3 is 5.97 Å². The van der Waals surface area contributed by atoms with E-state index in [2.05, 4.69) is 26.6 Å². The van der Waals surface area contributed by atoms with Crippen molar-refractivity contribution in [1.29, 1.82) is 0 Å². The van der Waals surface area contributed by atoms with Gasteiger partial charge in [-0.25, -0.2) is 0 Å². The number of amides is 6. The molecule has 69 heavy (non-hydrogen) atoms. The van der Waals surface area contributed by atoms with Gasteiger partial charge in [0.2, 0.25) is 35.4 Å². The molecule has 16 heteroatoms. The van der Waals surface area contributed by atoms with Crippen LogP contribution in [0, 0.1) is 5.41 Å². The van der Waals surface area contributed by atoms with E-state index in [0.29, 0.717) is 43.7 Å². The first-order chi connectivity index (χ1) is 33.3. The monoisotopic (exact) mass is 941 g/mol. The molecule has 1 fully saturated rings. The SMILES string of the molecule is C[C@@H](CC(=O)O)c1ccc(-c2ccc(C[C@@H]3NC(=O)[C@]4(Cc5ccccc5)CCCN(C4)C(=O)/C=C/C(=O)NCC[C@@H](C(=O)NCCOCCN)NC(=O)Cc4ccccc4CNC3=O)cc2)cc1. The summed E-state index contributed by atoms with van der Waals surface area (Å²) in [5, 5.41) is 23.6. The average molecular weight is 942 g/mol. The van der Waals surface area contributed by atoms with Crippen LogP contribution in [0.5, 0.6) is 0 Å². The van der Waals surface area contributed by atoms with Crippen molar-refractivity contribution in [1.82, 2.24) is 31.5 Å². The van der Waals surface area contributed by atoms with E-state index in [-0.39, 0.29) is 76.7 Å². The molecule has 0 aromatic heterocycles. The van der Waals surface area contributed by atoms with Gasteiger partial charge in [0, 0.05) is 57.8 Å². The molecule has 6 rings (SSSR count). The Kier molecular flexibility index (Phi) is 18.8. The predicted octanol–water partition coefficient (Wildman–Crippen LogP) is 3.32. The molecule has 2 heterocycles. The van der Waals surface area contributed by atoms with Gasteiger partial charge in [0.25, 0.3) is 0 Å². The van der Waals surface area contributed by atoms with Crippen molar-refractivity contribution in [3.63, 3.8) is 0 Å². The number of nitrogens with one attached hydrogen (secondary N) is 5. The van der Waals surface area contributed by atoms with Crippen LogP contribution in [0.2, 0.25) is 0 Å². The molecule has 0 saturated carbocycles. The van der Waals surface area contributed by atoms with Gasteiger partial charge in [-0.3, -0.25) is 33.6 Å². The predicted molar refractivity (Wildman–Crippen MR) is 260 cm³/mol. The maximum atomic E-state index is 15.0. The number of carbonyl (C=O) groups is 7. The first-order valence-corrected chi connectivity index (χ1v) is 23.5. The molecular weight excluding hydrogens is 879 g/mol. The lowest BCUT2D eigenvalue weighted by molar-refractivity contribution is -0.142. The Labute approximate surface area is 402 Å². The van der Waals surface area contributed by atoms with Crippen molar-refractivity contribution in [3.8, 4) is 11.1 Å². The molecule has 0 spiro atoms. The number of ether oxygens (including phenoxy) is 1. The highest BCUT2D eigenvalue weighted by molar-refractivity contribution is 5.97. The lowest BCUT2D eigenvalue weighted by Gasteiger charge is -2.42. The zero-order valence-electron chi connectivity index (χ0n) is 39.0. The highest BCUT2D eigenvalue weighted by atomic mass is 16.5. The summed E-state index contributed by atoms with van der Waals surface area (Å²) < 4.78 is 5.37. The van der Waals surface area contributed by atoms with Gasteiger partial charge in [-0.2, -0.15) is 0 Å². The number of nitrogens with zero attached hydrogens (tertiary/aromatic N) is 1. The van der Waals surface area contributed by atoms with Crippen LogP contribution in [0.15, 0.2) is 115 Å². The second-order valence-electron chi connectivity index (χ2n) is 17.7. The Balaban J connectivity index is 1.29. The van der Waals surface area contributed by atoms with E-state index in [1.54, 1.807) is 29.2 Å². The van der Waals surface area contributed by atoms with E-state index in [4.69, 9.17) is 10.5 Å². The van der Waals surface area contributed by atoms with Gasteiger partial charge in [-0.15, -0.1) is 0 Å². The molecule has 0 aliphatic carbocycles. The molecule has 4 aromatic carbocycles. The number of piperidine rings is 1. The molecule has 16 nitrogen and oxygen atoms in total. The van der Waals surface area contributed by atoms with Crippen LogP contribution in [0.1, 0.15) is 66.3 Å². The van der Waals surface area contributed by atoms with E-state index >= 15 is 0 Å². The van der Waals surface area contributed by atoms with Gasteiger partial charge in [-0.1, -0.05) is 110 Å². The fourth-order valence-corrected chi connectivity index (χ4v) is 8.79. The Morgan fingerprint density at radius 3 is 2.25 bits per heavy atom. The standard InChI is InChI=1S/C53H63N7O9/c1-36(30-49(64)65)39-16-18-41(19-17-39)40-14-12-37(13-15-40)31-45-51(67)57-34-43-11-6-5-10-42(43)32-47(62)58-44(50(66)56-26-29-69-28-24-54)22-25-55-46(61)20-21-48(63)60-27-7-23-53(35-60,52(68)59-45)33-38-8-3-2-4-9-38/h2-6,8-21,36,44-45H,7,22-35,54H2,1H3,(H,55,61)(H,56,66)(H,57,67)(H,58,62)(H,59,68)(H,64,65)/b21-20+/t36-,44-,45-,53-/m0/s1. The van der Waals surface area contributed by atoms with Crippen LogP contribution in [-0.4, -0.2) is 109 Å². The Bertz CT molecular complexity index is 2450. The van der Waals surface area contributed by atoms with Crippen molar-refractivity contribution >= 4 is 41.4 Å². The average Bonchev–Trinajstić information content (AvgIpc) is 3.34. The highest BCUT2D eigenvalue weighted by Crippen LogP contribution is 2.35. The molecule has 364 valence electrons. The number of nitrogens with two attached hydrogens (primary N) is 1. The first-order valence-electron chi connectivity index (χ1n) is 23.5. The Morgan fingerprint density at radius 2 is 1.54 bits per heavy atom. The maximum Gasteiger partial charge on any atom is 0.303 e. The Hall–Kier alpha value is -7.17. The van der Waals surface area contributed by atoms with Crippen LogP contribution in [-0.2, 0) is 64.1 Å². The van der Waals surface area contributed by atoms with Crippen LogP contribution in [0.3, 0.4) is 0 Å². The third-order valence-electron chi connectivity index (χ3n) is 12.6. The third kappa shape index (κ3) is 15.2. The number of hydrogen-bond donors (Lipinski definition) is 7. The van der Waals surface area contributed by atoms with E-state index in [0.717, 1.165) is 40.0 Å². The topological polar surface area (TPSA) is 238 Å². The van der Waals surface area contributed by atoms with Crippen molar-refractivity contribution in [3.05, 3.63) is 143 Å². The normalized spacial score (nSPS) is 20.6. The van der Waals surface area contributed by atoms with E-state index in [1.807, 2.05) is 85.8 Å². The van der Waals surface area contributed by atoms with Crippen LogP contribution in [0.4, 0.5) is 0 Å². The number of aliphatic carboxylic acids is 1. The molecule has 2 aliphatic rings. The molecule has 2 bridgehead atoms. The lowest BCUT2D eigenvalue weighted by atomic mass is 9.74. The van der Waals surface area contributed by atoms with Crippen LogP contribution in [0.25, 0.3) is 11.1 Å². The Morgan fingerprint density at radius 1 is 0.841 bits per heavy atom. The molecule has 6 amide bonds. The summed E-state index contributed by atoms with van der Waals surface area (Å²) in [6.45, 7) is 3.33. The summed E-state index contributed by atoms with van der Waals surface area (Å²) in [6, 6.07) is 30.0. The number of hydrogen-bond acceptors (Lipinski definition) is 9. The summed E-state index contributed by atoms with van der Waals surface area (Å²) in [4.78, 5) is 96.0. The number of carbonyl (C=O) groups excluding carboxylic acids is 6. The fourth-order valence-electron chi connectivity index (χ4n) is 8.79. The molecule has 4 aromatic rings. The summed E-state index contributed by atoms with van der Waals surface area (Å²) in [5.41, 5.74) is 10.0.